The quantitative estimate of drug-likeness (QED) is 0.284. The second kappa shape index (κ2) is 12.3. The molecule has 0 aliphatic carbocycles. The molecule has 2 heterocycles. The largest absolute Gasteiger partial charge is 0.490 e. The number of hydrogen-bond donors (Lipinski definition) is 3. The monoisotopic (exact) mass is 553 g/mol. The number of carboxylic acids is 1. The summed E-state index contributed by atoms with van der Waals surface area (Å²) in [6, 6.07) is 15.8. The van der Waals surface area contributed by atoms with Gasteiger partial charge in [0.1, 0.15) is 0 Å². The van der Waals surface area contributed by atoms with Crippen LogP contribution in [-0.2, 0) is 23.8 Å². The van der Waals surface area contributed by atoms with E-state index in [0.717, 1.165) is 23.4 Å². The first kappa shape index (κ1) is 28.9. The van der Waals surface area contributed by atoms with Crippen LogP contribution >= 0.6 is 0 Å². The number of benzene rings is 2. The zero-order chi connectivity index (χ0) is 28.6. The summed E-state index contributed by atoms with van der Waals surface area (Å²) < 4.78 is 72.0. The van der Waals surface area contributed by atoms with Gasteiger partial charge in [0.05, 0.1) is 17.6 Å². The molecule has 2 aromatic carbocycles. The number of carboxylic acid groups (broad SMARTS) is 1. The van der Waals surface area contributed by atoms with E-state index in [1.54, 1.807) is 12.5 Å². The van der Waals surface area contributed by atoms with Gasteiger partial charge in [-0.2, -0.15) is 31.4 Å². The molecule has 0 aliphatic heterocycles. The molecule has 0 spiro atoms. The van der Waals surface area contributed by atoms with Crippen LogP contribution in [0.2, 0.25) is 0 Å². The van der Waals surface area contributed by atoms with Crippen LogP contribution in [0.15, 0.2) is 79.4 Å². The molecule has 0 fully saturated rings. The molecule has 0 aliphatic rings. The molecule has 1 unspecified atom stereocenters. The van der Waals surface area contributed by atoms with Crippen molar-refractivity contribution in [2.24, 2.45) is 0 Å². The fourth-order valence-electron chi connectivity index (χ4n) is 3.41. The van der Waals surface area contributed by atoms with Gasteiger partial charge in [-0.1, -0.05) is 36.4 Å². The molecule has 14 heteroatoms. The first-order valence-electron chi connectivity index (χ1n) is 11.2. The third-order valence-electron chi connectivity index (χ3n) is 5.18. The molecule has 39 heavy (non-hydrogen) atoms. The normalized spacial score (nSPS) is 12.3. The summed E-state index contributed by atoms with van der Waals surface area (Å²) in [7, 11) is 0. The zero-order valence-electron chi connectivity index (χ0n) is 19.9. The highest BCUT2D eigenvalue weighted by atomic mass is 19.4. The SMILES string of the molecule is O=C(NC(Cc1ccccc1)Cc1cnc[nH]1)c1ccn(-c2cccc(C(F)(F)F)c2)n1.O=C(O)C(F)(F)F. The van der Waals surface area contributed by atoms with Crippen molar-refractivity contribution in [3.8, 4) is 5.69 Å². The average molecular weight is 553 g/mol. The van der Waals surface area contributed by atoms with Gasteiger partial charge >= 0.3 is 18.3 Å². The van der Waals surface area contributed by atoms with Crippen molar-refractivity contribution < 1.29 is 41.0 Å². The highest BCUT2D eigenvalue weighted by molar-refractivity contribution is 5.92. The van der Waals surface area contributed by atoms with Crippen LogP contribution in [0.25, 0.3) is 5.69 Å². The molecule has 206 valence electrons. The number of amides is 1. The fourth-order valence-corrected chi connectivity index (χ4v) is 3.41. The van der Waals surface area contributed by atoms with Crippen molar-refractivity contribution in [3.05, 3.63) is 102 Å². The number of halogens is 6. The second-order valence-corrected chi connectivity index (χ2v) is 8.14. The van der Waals surface area contributed by atoms with Crippen molar-refractivity contribution in [1.29, 1.82) is 0 Å². The van der Waals surface area contributed by atoms with Crippen molar-refractivity contribution in [1.82, 2.24) is 25.1 Å². The molecule has 1 amide bonds. The molecule has 1 atom stereocenters. The summed E-state index contributed by atoms with van der Waals surface area (Å²) in [5, 5.41) is 14.3. The van der Waals surface area contributed by atoms with E-state index >= 15 is 0 Å². The number of nitrogens with zero attached hydrogens (tertiary/aromatic N) is 3. The van der Waals surface area contributed by atoms with E-state index in [1.807, 2.05) is 30.3 Å². The van der Waals surface area contributed by atoms with Gasteiger partial charge in [-0.15, -0.1) is 0 Å². The van der Waals surface area contributed by atoms with E-state index in [-0.39, 0.29) is 17.4 Å². The number of imidazole rings is 1. The molecule has 4 rings (SSSR count). The van der Waals surface area contributed by atoms with Gasteiger partial charge in [0, 0.05) is 30.6 Å². The summed E-state index contributed by atoms with van der Waals surface area (Å²) in [5.41, 5.74) is 1.49. The van der Waals surface area contributed by atoms with Crippen LogP contribution in [0.1, 0.15) is 27.3 Å². The predicted octanol–water partition coefficient (Wildman–Crippen LogP) is 4.83. The zero-order valence-corrected chi connectivity index (χ0v) is 19.9. The highest BCUT2D eigenvalue weighted by Gasteiger charge is 2.38. The van der Waals surface area contributed by atoms with Gasteiger partial charge in [-0.25, -0.2) is 14.5 Å². The van der Waals surface area contributed by atoms with E-state index in [4.69, 9.17) is 9.90 Å². The Bertz CT molecular complexity index is 1370. The molecule has 8 nitrogen and oxygen atoms in total. The second-order valence-electron chi connectivity index (χ2n) is 8.14. The highest BCUT2D eigenvalue weighted by Crippen LogP contribution is 2.30. The lowest BCUT2D eigenvalue weighted by Crippen LogP contribution is -2.38. The Balaban J connectivity index is 0.000000532. The molecule has 4 aromatic rings. The van der Waals surface area contributed by atoms with Crippen LogP contribution in [0, 0.1) is 0 Å². The lowest BCUT2D eigenvalue weighted by molar-refractivity contribution is -0.192. The number of H-pyrrole nitrogens is 1. The smallest absolute Gasteiger partial charge is 0.475 e. The molecule has 2 aromatic heterocycles. The van der Waals surface area contributed by atoms with Crippen LogP contribution in [0.4, 0.5) is 26.3 Å². The predicted molar refractivity (Wildman–Crippen MR) is 126 cm³/mol. The lowest BCUT2D eigenvalue weighted by atomic mass is 10.0. The van der Waals surface area contributed by atoms with Crippen molar-refractivity contribution in [2.45, 2.75) is 31.2 Å². The summed E-state index contributed by atoms with van der Waals surface area (Å²) in [6.45, 7) is 0. The Morgan fingerprint density at radius 3 is 2.26 bits per heavy atom. The van der Waals surface area contributed by atoms with Gasteiger partial charge < -0.3 is 15.4 Å². The Morgan fingerprint density at radius 1 is 0.974 bits per heavy atom. The lowest BCUT2D eigenvalue weighted by Gasteiger charge is -2.18. The maximum Gasteiger partial charge on any atom is 0.490 e. The van der Waals surface area contributed by atoms with Crippen LogP contribution in [0.3, 0.4) is 0 Å². The number of nitrogens with one attached hydrogen (secondary N) is 2. The van der Waals surface area contributed by atoms with Gasteiger partial charge in [0.2, 0.25) is 0 Å². The molecule has 3 N–H and O–H groups in total. The number of rotatable bonds is 7. The topological polar surface area (TPSA) is 113 Å². The van der Waals surface area contributed by atoms with Crippen molar-refractivity contribution >= 4 is 11.9 Å². The summed E-state index contributed by atoms with van der Waals surface area (Å²) in [4.78, 5) is 28.8. The number of aliphatic carboxylic acids is 1. The third-order valence-corrected chi connectivity index (χ3v) is 5.18. The van der Waals surface area contributed by atoms with Crippen molar-refractivity contribution in [3.63, 3.8) is 0 Å². The number of carbonyl (C=O) groups is 2. The Morgan fingerprint density at radius 2 is 1.67 bits per heavy atom. The number of alkyl halides is 6. The van der Waals surface area contributed by atoms with Crippen molar-refractivity contribution in [2.75, 3.05) is 0 Å². The van der Waals surface area contributed by atoms with Crippen LogP contribution < -0.4 is 5.32 Å². The first-order chi connectivity index (χ1) is 18.3. The van der Waals surface area contributed by atoms with Gasteiger partial charge in [0.25, 0.3) is 5.91 Å². The minimum absolute atomic E-state index is 0.116. The van der Waals surface area contributed by atoms with E-state index < -0.39 is 29.8 Å². The number of carbonyl (C=O) groups excluding carboxylic acids is 1. The first-order valence-corrected chi connectivity index (χ1v) is 11.2. The van der Waals surface area contributed by atoms with Gasteiger partial charge in [-0.3, -0.25) is 4.79 Å². The molecular formula is C25H21F6N5O3. The van der Waals surface area contributed by atoms with Crippen LogP contribution in [-0.4, -0.2) is 48.9 Å². The summed E-state index contributed by atoms with van der Waals surface area (Å²) >= 11 is 0. The molecule has 0 radical (unpaired) electrons. The minimum Gasteiger partial charge on any atom is -0.475 e. The number of aromatic nitrogens is 4. The minimum atomic E-state index is -5.08. The third kappa shape index (κ3) is 8.72. The molecule has 0 saturated heterocycles. The Kier molecular flexibility index (Phi) is 9.12. The van der Waals surface area contributed by atoms with E-state index in [9.17, 15) is 31.1 Å². The van der Waals surface area contributed by atoms with E-state index in [0.29, 0.717) is 12.8 Å². The van der Waals surface area contributed by atoms with Gasteiger partial charge in [-0.05, 0) is 36.2 Å². The Hall–Kier alpha value is -4.62. The maximum absolute atomic E-state index is 13.0. The maximum atomic E-state index is 13.0. The standard InChI is InChI=1S/C23H20F3N5O.C2HF3O2/c24-23(25,26)17-7-4-8-20(12-17)31-10-9-21(30-31)22(32)29-18(13-19-14-27-15-28-19)11-16-5-2-1-3-6-16;3-2(4,5)1(6)7/h1-10,12,14-15,18H,11,13H2,(H,27,28)(H,29,32);(H,6,7). The average Bonchev–Trinajstić information content (AvgIpc) is 3.57. The van der Waals surface area contributed by atoms with E-state index in [1.165, 1.54) is 29.1 Å². The molecule has 0 saturated carbocycles. The summed E-state index contributed by atoms with van der Waals surface area (Å²) in [5.74, 6) is -3.16. The number of hydrogen-bond acceptors (Lipinski definition) is 4. The van der Waals surface area contributed by atoms with Crippen LogP contribution in [0.5, 0.6) is 0 Å². The molecular weight excluding hydrogens is 532 g/mol. The summed E-state index contributed by atoms with van der Waals surface area (Å²) in [6.07, 6.45) is -3.67. The molecule has 0 bridgehead atoms. The fraction of sp³-hybridized carbons (Fsp3) is 0.200. The Labute approximate surface area is 217 Å². The number of aromatic amines is 1. The van der Waals surface area contributed by atoms with E-state index in [2.05, 4.69) is 20.4 Å². The van der Waals surface area contributed by atoms with Gasteiger partial charge in [0.15, 0.2) is 5.69 Å².